The van der Waals surface area contributed by atoms with Crippen LogP contribution in [-0.4, -0.2) is 36.7 Å². The summed E-state index contributed by atoms with van der Waals surface area (Å²) in [5.74, 6) is 0. The molecule has 0 bridgehead atoms. The summed E-state index contributed by atoms with van der Waals surface area (Å²) < 4.78 is 26.8. The SMILES string of the molecule is CCCCCCCCCCCCCCCCC(COP(=O)(O)OCCBr)OC. The van der Waals surface area contributed by atoms with Crippen LogP contribution in [0.3, 0.4) is 0 Å². The lowest BCUT2D eigenvalue weighted by atomic mass is 10.0. The van der Waals surface area contributed by atoms with Crippen molar-refractivity contribution in [3.63, 3.8) is 0 Å². The van der Waals surface area contributed by atoms with Crippen molar-refractivity contribution >= 4 is 23.8 Å². The second kappa shape index (κ2) is 20.8. The van der Waals surface area contributed by atoms with Crippen molar-refractivity contribution in [2.45, 2.75) is 109 Å². The third kappa shape index (κ3) is 19.8. The highest BCUT2D eigenvalue weighted by molar-refractivity contribution is 9.09. The molecule has 7 heteroatoms. The highest BCUT2D eigenvalue weighted by atomic mass is 79.9. The number of rotatable bonds is 22. The van der Waals surface area contributed by atoms with Crippen molar-refractivity contribution in [3.8, 4) is 0 Å². The number of halogens is 1. The van der Waals surface area contributed by atoms with Gasteiger partial charge >= 0.3 is 7.82 Å². The smallest absolute Gasteiger partial charge is 0.379 e. The maximum atomic E-state index is 11.6. The molecule has 0 aromatic rings. The Morgan fingerprint density at radius 2 is 1.29 bits per heavy atom. The van der Waals surface area contributed by atoms with Crippen molar-refractivity contribution in [2.24, 2.45) is 0 Å². The molecule has 0 aromatic heterocycles. The van der Waals surface area contributed by atoms with Crippen LogP contribution in [-0.2, 0) is 18.3 Å². The minimum Gasteiger partial charge on any atom is -0.379 e. The average Bonchev–Trinajstić information content (AvgIpc) is 2.69. The summed E-state index contributed by atoms with van der Waals surface area (Å²) in [6.45, 7) is 2.50. The number of hydrogen-bond donors (Lipinski definition) is 1. The molecule has 0 aliphatic heterocycles. The van der Waals surface area contributed by atoms with Crippen LogP contribution in [0.5, 0.6) is 0 Å². The first-order valence-electron chi connectivity index (χ1n) is 11.3. The highest BCUT2D eigenvalue weighted by Crippen LogP contribution is 2.43. The van der Waals surface area contributed by atoms with Gasteiger partial charge in [-0.2, -0.15) is 0 Å². The zero-order valence-electron chi connectivity index (χ0n) is 18.2. The monoisotopic (exact) mass is 486 g/mol. The van der Waals surface area contributed by atoms with Crippen LogP contribution >= 0.6 is 23.8 Å². The van der Waals surface area contributed by atoms with Gasteiger partial charge in [-0.15, -0.1) is 0 Å². The van der Waals surface area contributed by atoms with E-state index in [1.807, 2.05) is 0 Å². The Hall–Kier alpha value is 0.550. The molecule has 0 aliphatic rings. The fraction of sp³-hybridized carbons (Fsp3) is 1.00. The zero-order valence-corrected chi connectivity index (χ0v) is 20.7. The Balaban J connectivity index is 3.44. The number of phosphoric acid groups is 1. The van der Waals surface area contributed by atoms with Crippen LogP contribution in [0.1, 0.15) is 103 Å². The second-order valence-corrected chi connectivity index (χ2v) is 9.78. The van der Waals surface area contributed by atoms with E-state index >= 15 is 0 Å². The molecule has 2 unspecified atom stereocenters. The molecule has 2 atom stereocenters. The standard InChI is InChI=1S/C21H44BrO5P/c1-3-4-5-6-7-8-9-10-11-12-13-14-15-16-17-21(25-2)20-27-28(23,24)26-19-18-22/h21H,3-20H2,1-2H3,(H,23,24). The maximum Gasteiger partial charge on any atom is 0.472 e. The predicted octanol–water partition coefficient (Wildman–Crippen LogP) is 7.40. The molecule has 0 spiro atoms. The predicted molar refractivity (Wildman–Crippen MR) is 121 cm³/mol. The largest absolute Gasteiger partial charge is 0.472 e. The summed E-state index contributed by atoms with van der Waals surface area (Å²) in [5, 5.41) is 0.494. The molecule has 0 aliphatic carbocycles. The normalized spacial score (nSPS) is 14.9. The molecule has 0 saturated heterocycles. The number of ether oxygens (including phenoxy) is 1. The van der Waals surface area contributed by atoms with Gasteiger partial charge in [0.25, 0.3) is 0 Å². The van der Waals surface area contributed by atoms with Gasteiger partial charge in [0.05, 0.1) is 19.3 Å². The molecular formula is C21H44BrO5P. The molecule has 28 heavy (non-hydrogen) atoms. The third-order valence-electron chi connectivity index (χ3n) is 4.97. The van der Waals surface area contributed by atoms with Gasteiger partial charge in [-0.05, 0) is 6.42 Å². The van der Waals surface area contributed by atoms with Crippen LogP contribution in [0.2, 0.25) is 0 Å². The molecule has 0 saturated carbocycles. The summed E-state index contributed by atoms with van der Waals surface area (Å²) >= 11 is 3.14. The molecule has 0 aromatic carbocycles. The van der Waals surface area contributed by atoms with Gasteiger partial charge in [0.1, 0.15) is 0 Å². The van der Waals surface area contributed by atoms with E-state index in [1.165, 1.54) is 83.5 Å². The van der Waals surface area contributed by atoms with Crippen LogP contribution in [0.4, 0.5) is 0 Å². The Morgan fingerprint density at radius 1 is 0.821 bits per heavy atom. The van der Waals surface area contributed by atoms with Crippen LogP contribution in [0.15, 0.2) is 0 Å². The lowest BCUT2D eigenvalue weighted by Crippen LogP contribution is -2.18. The van der Waals surface area contributed by atoms with E-state index in [-0.39, 0.29) is 19.3 Å². The number of unbranched alkanes of at least 4 members (excludes halogenated alkanes) is 13. The fourth-order valence-corrected chi connectivity index (χ4v) is 4.36. The summed E-state index contributed by atoms with van der Waals surface area (Å²) in [4.78, 5) is 9.52. The molecule has 0 amide bonds. The van der Waals surface area contributed by atoms with Gasteiger partial charge in [0, 0.05) is 12.4 Å². The van der Waals surface area contributed by atoms with Gasteiger partial charge in [0.2, 0.25) is 0 Å². The number of alkyl halides is 1. The first-order valence-corrected chi connectivity index (χ1v) is 13.9. The molecule has 170 valence electrons. The Kier molecular flexibility index (Phi) is 21.2. The van der Waals surface area contributed by atoms with Crippen molar-refractivity contribution in [2.75, 3.05) is 25.7 Å². The van der Waals surface area contributed by atoms with Gasteiger partial charge in [0.15, 0.2) is 0 Å². The third-order valence-corrected chi connectivity index (χ3v) is 6.28. The maximum absolute atomic E-state index is 11.6. The molecule has 1 N–H and O–H groups in total. The Bertz CT molecular complexity index is 371. The summed E-state index contributed by atoms with van der Waals surface area (Å²) in [7, 11) is -2.35. The van der Waals surface area contributed by atoms with Crippen LogP contribution in [0.25, 0.3) is 0 Å². The number of methoxy groups -OCH3 is 1. The molecule has 0 heterocycles. The van der Waals surface area contributed by atoms with Gasteiger partial charge < -0.3 is 9.63 Å². The minimum absolute atomic E-state index is 0.0883. The Labute approximate surface area is 182 Å². The number of phosphoric ester groups is 1. The van der Waals surface area contributed by atoms with Crippen molar-refractivity contribution in [1.29, 1.82) is 0 Å². The van der Waals surface area contributed by atoms with Gasteiger partial charge in [-0.25, -0.2) is 4.57 Å². The fourth-order valence-electron chi connectivity index (χ4n) is 3.20. The van der Waals surface area contributed by atoms with E-state index in [1.54, 1.807) is 7.11 Å². The first kappa shape index (κ1) is 28.5. The molecule has 0 radical (unpaired) electrons. The summed E-state index contributed by atoms with van der Waals surface area (Å²) in [5.41, 5.74) is 0. The van der Waals surface area contributed by atoms with E-state index in [9.17, 15) is 9.46 Å². The molecule has 0 fully saturated rings. The minimum atomic E-state index is -3.96. The zero-order chi connectivity index (χ0) is 20.9. The second-order valence-electron chi connectivity index (χ2n) is 7.53. The molecule has 5 nitrogen and oxygen atoms in total. The quantitative estimate of drug-likeness (QED) is 0.0979. The highest BCUT2D eigenvalue weighted by Gasteiger charge is 2.22. The average molecular weight is 487 g/mol. The van der Waals surface area contributed by atoms with Gasteiger partial charge in [-0.3, -0.25) is 9.05 Å². The van der Waals surface area contributed by atoms with Crippen LogP contribution < -0.4 is 0 Å². The van der Waals surface area contributed by atoms with Crippen molar-refractivity contribution in [3.05, 3.63) is 0 Å². The van der Waals surface area contributed by atoms with E-state index in [0.29, 0.717) is 5.33 Å². The lowest BCUT2D eigenvalue weighted by Gasteiger charge is -2.17. The summed E-state index contributed by atoms with van der Waals surface area (Å²) in [6.07, 6.45) is 19.3. The van der Waals surface area contributed by atoms with E-state index in [0.717, 1.165) is 12.8 Å². The van der Waals surface area contributed by atoms with Crippen molar-refractivity contribution < 1.29 is 23.2 Å². The molecule has 0 rings (SSSR count). The van der Waals surface area contributed by atoms with Gasteiger partial charge in [-0.1, -0.05) is 113 Å². The van der Waals surface area contributed by atoms with E-state index in [4.69, 9.17) is 13.8 Å². The molecular weight excluding hydrogens is 443 g/mol. The van der Waals surface area contributed by atoms with Crippen LogP contribution in [0, 0.1) is 0 Å². The summed E-state index contributed by atoms with van der Waals surface area (Å²) in [6, 6.07) is 0. The van der Waals surface area contributed by atoms with E-state index in [2.05, 4.69) is 22.9 Å². The lowest BCUT2D eigenvalue weighted by molar-refractivity contribution is 0.0339. The number of hydrogen-bond acceptors (Lipinski definition) is 4. The van der Waals surface area contributed by atoms with Crippen molar-refractivity contribution in [1.82, 2.24) is 0 Å². The van der Waals surface area contributed by atoms with E-state index < -0.39 is 7.82 Å². The topological polar surface area (TPSA) is 65.0 Å². The Morgan fingerprint density at radius 3 is 1.71 bits per heavy atom. The first-order chi connectivity index (χ1) is 13.6.